The van der Waals surface area contributed by atoms with Gasteiger partial charge in [-0.1, -0.05) is 17.7 Å². The van der Waals surface area contributed by atoms with E-state index in [9.17, 15) is 27.6 Å². The molecule has 4 unspecified atom stereocenters. The molecule has 0 spiro atoms. The number of alkyl halides is 3. The predicted molar refractivity (Wildman–Crippen MR) is 177 cm³/mol. The lowest BCUT2D eigenvalue weighted by Crippen LogP contribution is -2.46. The molecule has 2 aromatic carbocycles. The number of amides is 1. The average molecular weight is 720 g/mol. The number of nitrogen functional groups attached to an aromatic ring is 1. The van der Waals surface area contributed by atoms with Crippen molar-refractivity contribution in [3.05, 3.63) is 40.4 Å². The first kappa shape index (κ1) is 33.5. The number of halogens is 6. The average Bonchev–Trinajstić information content (AvgIpc) is 3.80. The van der Waals surface area contributed by atoms with Crippen LogP contribution < -0.4 is 15.4 Å². The zero-order valence-electron chi connectivity index (χ0n) is 26.5. The third-order valence-corrected chi connectivity index (χ3v) is 11.6. The Labute approximate surface area is 287 Å². The van der Waals surface area contributed by atoms with Gasteiger partial charge in [0, 0.05) is 48.9 Å². The Kier molecular flexibility index (Phi) is 8.48. The molecule has 2 aromatic heterocycles. The van der Waals surface area contributed by atoms with Crippen LogP contribution in [-0.2, 0) is 4.79 Å². The summed E-state index contributed by atoms with van der Waals surface area (Å²) in [5, 5.41) is 10.1. The number of carbonyl (C=O) groups is 1. The second-order valence-corrected chi connectivity index (χ2v) is 14.4. The van der Waals surface area contributed by atoms with Gasteiger partial charge in [-0.3, -0.25) is 9.69 Å². The van der Waals surface area contributed by atoms with Gasteiger partial charge < -0.3 is 20.3 Å². The first-order chi connectivity index (χ1) is 23.3. The van der Waals surface area contributed by atoms with Crippen LogP contribution in [0.1, 0.15) is 38.2 Å². The number of thiophene rings is 1. The van der Waals surface area contributed by atoms with Gasteiger partial charge in [-0.2, -0.15) is 24.0 Å². The van der Waals surface area contributed by atoms with Gasteiger partial charge in [-0.25, -0.2) is 13.2 Å². The lowest BCUT2D eigenvalue weighted by molar-refractivity contribution is -0.143. The van der Waals surface area contributed by atoms with Crippen LogP contribution in [0.3, 0.4) is 0 Å². The number of carbonyl (C=O) groups excluding carboxylic acids is 1. The van der Waals surface area contributed by atoms with Crippen molar-refractivity contribution in [3.8, 4) is 23.2 Å². The number of rotatable bonds is 7. The van der Waals surface area contributed by atoms with Gasteiger partial charge in [0.2, 0.25) is 0 Å². The van der Waals surface area contributed by atoms with Crippen LogP contribution in [0, 0.1) is 23.0 Å². The number of hydrogen-bond acceptors (Lipinski definition) is 9. The van der Waals surface area contributed by atoms with E-state index in [0.717, 1.165) is 35.3 Å². The molecular formula is C33H31ClF5N7O2S. The van der Waals surface area contributed by atoms with Gasteiger partial charge in [-0.15, -0.1) is 11.3 Å². The second-order valence-electron chi connectivity index (χ2n) is 12.9. The molecule has 1 amide bonds. The molecule has 0 radical (unpaired) electrons. The van der Waals surface area contributed by atoms with Crippen molar-refractivity contribution in [2.75, 3.05) is 43.9 Å². The molecule has 3 aliphatic heterocycles. The Morgan fingerprint density at radius 1 is 1.31 bits per heavy atom. The summed E-state index contributed by atoms with van der Waals surface area (Å²) in [6.07, 6.45) is -1.99. The van der Waals surface area contributed by atoms with E-state index >= 15 is 4.39 Å². The lowest BCUT2D eigenvalue weighted by atomic mass is 9.95. The van der Waals surface area contributed by atoms with Crippen molar-refractivity contribution < 1.29 is 31.5 Å². The smallest absolute Gasteiger partial charge is 0.319 e. The first-order valence-corrected chi connectivity index (χ1v) is 17.0. The van der Waals surface area contributed by atoms with E-state index in [1.54, 1.807) is 18.9 Å². The summed E-state index contributed by atoms with van der Waals surface area (Å²) in [7, 11) is 1.65. The Bertz CT molecular complexity index is 2040. The van der Waals surface area contributed by atoms with Crippen LogP contribution in [0.4, 0.5) is 32.8 Å². The molecule has 16 heteroatoms. The van der Waals surface area contributed by atoms with E-state index < -0.39 is 47.8 Å². The number of benzene rings is 2. The molecule has 9 nitrogen and oxygen atoms in total. The molecule has 0 bridgehead atoms. The number of nitrogens with zero attached hydrogens (tertiary/aromatic N) is 6. The van der Waals surface area contributed by atoms with Crippen molar-refractivity contribution in [1.29, 1.82) is 5.26 Å². The summed E-state index contributed by atoms with van der Waals surface area (Å²) in [6, 6.07) is 4.55. The van der Waals surface area contributed by atoms with Crippen LogP contribution in [0.15, 0.2) is 18.2 Å². The third kappa shape index (κ3) is 5.39. The summed E-state index contributed by atoms with van der Waals surface area (Å²) in [5.41, 5.74) is 5.24. The fourth-order valence-electron chi connectivity index (χ4n) is 7.93. The summed E-state index contributed by atoms with van der Waals surface area (Å²) in [4.78, 5) is 26.2. The SMILES string of the molecule is CC1C(N(C)c2nc(OCC34CCCN3CC(F)C4)nc3c(F)c(-c4ccc(F)c5sc(N)c(C#N)c45)c(Cl)cc23)CCN1C(=O)C(F)F. The maximum Gasteiger partial charge on any atom is 0.319 e. The minimum Gasteiger partial charge on any atom is -0.461 e. The summed E-state index contributed by atoms with van der Waals surface area (Å²) in [5.74, 6) is -2.64. The maximum absolute atomic E-state index is 17.0. The molecule has 258 valence electrons. The summed E-state index contributed by atoms with van der Waals surface area (Å²) in [6.45, 7) is 2.81. The second kappa shape index (κ2) is 12.4. The molecule has 49 heavy (non-hydrogen) atoms. The zero-order valence-corrected chi connectivity index (χ0v) is 28.0. The first-order valence-electron chi connectivity index (χ1n) is 15.8. The highest BCUT2D eigenvalue weighted by molar-refractivity contribution is 7.23. The topological polar surface area (TPSA) is 112 Å². The van der Waals surface area contributed by atoms with Gasteiger partial charge in [0.15, 0.2) is 5.82 Å². The lowest BCUT2D eigenvalue weighted by Gasteiger charge is -2.33. The van der Waals surface area contributed by atoms with E-state index in [2.05, 4.69) is 14.9 Å². The van der Waals surface area contributed by atoms with E-state index in [0.29, 0.717) is 19.4 Å². The Morgan fingerprint density at radius 3 is 2.82 bits per heavy atom. The van der Waals surface area contributed by atoms with Crippen LogP contribution in [0.25, 0.3) is 32.1 Å². The van der Waals surface area contributed by atoms with Crippen LogP contribution in [0.2, 0.25) is 5.02 Å². The van der Waals surface area contributed by atoms with Crippen LogP contribution >= 0.6 is 22.9 Å². The quantitative estimate of drug-likeness (QED) is 0.215. The number of aromatic nitrogens is 2. The number of nitrogens with two attached hydrogens (primary N) is 1. The normalized spacial score (nSPS) is 23.9. The Hall–Kier alpha value is -4.00. The fourth-order valence-corrected chi connectivity index (χ4v) is 9.17. The molecule has 4 atom stereocenters. The molecule has 0 saturated carbocycles. The van der Waals surface area contributed by atoms with Crippen LogP contribution in [-0.4, -0.2) is 89.2 Å². The largest absolute Gasteiger partial charge is 0.461 e. The number of nitriles is 1. The molecule has 0 aliphatic carbocycles. The van der Waals surface area contributed by atoms with Gasteiger partial charge in [0.25, 0.3) is 5.91 Å². The van der Waals surface area contributed by atoms with E-state index in [1.165, 1.54) is 12.1 Å². The molecule has 4 aromatic rings. The van der Waals surface area contributed by atoms with Crippen molar-refractivity contribution >= 4 is 60.7 Å². The zero-order chi connectivity index (χ0) is 34.9. The minimum atomic E-state index is -3.16. The molecule has 3 saturated heterocycles. The van der Waals surface area contributed by atoms with Crippen molar-refractivity contribution in [2.24, 2.45) is 0 Å². The van der Waals surface area contributed by atoms with Gasteiger partial charge in [0.05, 0.1) is 26.9 Å². The number of likely N-dealkylation sites (tertiary alicyclic amines) is 1. The number of hydrogen-bond donors (Lipinski definition) is 1. The van der Waals surface area contributed by atoms with E-state index in [4.69, 9.17) is 22.1 Å². The number of fused-ring (bicyclic) bond motifs is 3. The Morgan fingerprint density at radius 2 is 2.08 bits per heavy atom. The standard InChI is InChI=1S/C33H31ClF5N7O2S/c1-15-22(6-9-46(15)31(47)28(38)39)44(2)30-18-10-20(34)24(17-4-5-21(36)27-23(17)19(12-40)29(41)49-27)25(37)26(18)42-32(43-30)48-14-33-7-3-8-45(33)13-16(35)11-33/h4-5,10,15-16,22,28H,3,6-9,11,13-14,41H2,1-2H3. The molecule has 3 fully saturated rings. The predicted octanol–water partition coefficient (Wildman–Crippen LogP) is 6.54. The van der Waals surface area contributed by atoms with Crippen molar-refractivity contribution in [2.45, 2.75) is 62.8 Å². The fraction of sp³-hybridized carbons (Fsp3) is 0.455. The van der Waals surface area contributed by atoms with E-state index in [1.807, 2.05) is 6.07 Å². The van der Waals surface area contributed by atoms with Crippen molar-refractivity contribution in [3.63, 3.8) is 0 Å². The van der Waals surface area contributed by atoms with Gasteiger partial charge in [0.1, 0.15) is 41.0 Å². The molecule has 7 rings (SSSR count). The third-order valence-electron chi connectivity index (χ3n) is 10.3. The minimum absolute atomic E-state index is 0.0154. The highest BCUT2D eigenvalue weighted by Gasteiger charge is 2.49. The monoisotopic (exact) mass is 719 g/mol. The molecule has 2 N–H and O–H groups in total. The summed E-state index contributed by atoms with van der Waals surface area (Å²) < 4.78 is 79.3. The highest BCUT2D eigenvalue weighted by Crippen LogP contribution is 2.46. The van der Waals surface area contributed by atoms with E-state index in [-0.39, 0.29) is 79.1 Å². The molecule has 5 heterocycles. The Balaban J connectivity index is 1.37. The number of ether oxygens (including phenoxy) is 1. The summed E-state index contributed by atoms with van der Waals surface area (Å²) >= 11 is 7.65. The number of likely N-dealkylation sites (N-methyl/N-ethyl adjacent to an activating group) is 1. The highest BCUT2D eigenvalue weighted by atomic mass is 35.5. The van der Waals surface area contributed by atoms with Gasteiger partial charge >= 0.3 is 12.4 Å². The maximum atomic E-state index is 17.0. The molecule has 3 aliphatic rings. The van der Waals surface area contributed by atoms with Crippen LogP contribution in [0.5, 0.6) is 6.01 Å². The van der Waals surface area contributed by atoms with Crippen molar-refractivity contribution in [1.82, 2.24) is 19.8 Å². The van der Waals surface area contributed by atoms with Gasteiger partial charge in [-0.05, 0) is 50.4 Å². The number of anilines is 2. The molecular weight excluding hydrogens is 689 g/mol.